The van der Waals surface area contributed by atoms with E-state index in [1.165, 1.54) is 64.2 Å². The van der Waals surface area contributed by atoms with Gasteiger partial charge in [-0.3, -0.25) is 4.79 Å². The lowest BCUT2D eigenvalue weighted by molar-refractivity contribution is -0.257. The van der Waals surface area contributed by atoms with E-state index in [2.05, 4.69) is 20.8 Å². The smallest absolute Gasteiger partial charge is 0.309 e. The number of hydrogen-bond acceptors (Lipinski definition) is 4. The van der Waals surface area contributed by atoms with Crippen molar-refractivity contribution in [1.29, 1.82) is 0 Å². The van der Waals surface area contributed by atoms with Crippen molar-refractivity contribution >= 4 is 5.97 Å². The Labute approximate surface area is 197 Å². The van der Waals surface area contributed by atoms with E-state index >= 15 is 0 Å². The van der Waals surface area contributed by atoms with Crippen LogP contribution in [-0.4, -0.2) is 31.1 Å². The normalized spacial score (nSPS) is 36.0. The third-order valence-corrected chi connectivity index (χ3v) is 8.43. The van der Waals surface area contributed by atoms with Crippen molar-refractivity contribution in [2.45, 2.75) is 142 Å². The molecule has 1 heterocycles. The van der Waals surface area contributed by atoms with Crippen LogP contribution in [0.5, 0.6) is 0 Å². The van der Waals surface area contributed by atoms with Crippen molar-refractivity contribution in [3.05, 3.63) is 0 Å². The Hall–Kier alpha value is -0.610. The molecule has 0 amide bonds. The first-order chi connectivity index (χ1) is 15.6. The molecule has 32 heavy (non-hydrogen) atoms. The van der Waals surface area contributed by atoms with E-state index in [1.807, 2.05) is 0 Å². The van der Waals surface area contributed by atoms with Gasteiger partial charge < -0.3 is 14.2 Å². The molecule has 0 N–H and O–H groups in total. The maximum absolute atomic E-state index is 12.7. The zero-order valence-corrected chi connectivity index (χ0v) is 21.2. The maximum Gasteiger partial charge on any atom is 0.309 e. The fraction of sp³-hybridized carbons (Fsp3) is 0.964. The second-order valence-electron chi connectivity index (χ2n) is 11.0. The highest BCUT2D eigenvalue weighted by Crippen LogP contribution is 2.37. The van der Waals surface area contributed by atoms with Crippen LogP contribution in [0.25, 0.3) is 0 Å². The Morgan fingerprint density at radius 2 is 1.56 bits per heavy atom. The van der Waals surface area contributed by atoms with Crippen LogP contribution in [0.3, 0.4) is 0 Å². The van der Waals surface area contributed by atoms with Gasteiger partial charge >= 0.3 is 5.97 Å². The quantitative estimate of drug-likeness (QED) is 0.242. The minimum atomic E-state index is -0.0767. The van der Waals surface area contributed by atoms with Gasteiger partial charge in [0.15, 0.2) is 6.29 Å². The lowest BCUT2D eigenvalue weighted by Gasteiger charge is -2.40. The third kappa shape index (κ3) is 8.01. The van der Waals surface area contributed by atoms with Gasteiger partial charge in [-0.15, -0.1) is 0 Å². The average molecular weight is 451 g/mol. The van der Waals surface area contributed by atoms with Crippen LogP contribution in [0.15, 0.2) is 0 Å². The number of carbonyl (C=O) groups excluding carboxylic acids is 1. The van der Waals surface area contributed by atoms with Crippen molar-refractivity contribution in [2.75, 3.05) is 6.61 Å². The molecule has 0 aromatic heterocycles. The number of carbonyl (C=O) groups is 1. The molecule has 0 spiro atoms. The SMILES string of the molecule is CCCCCCCC1CO[C@H]([C@H]2CC[C@H](C(=O)OC3CCC(CCC)CC3)CC2)O[C@H]1C. The first kappa shape index (κ1) is 26.0. The Balaban J connectivity index is 1.31. The summed E-state index contributed by atoms with van der Waals surface area (Å²) in [6.45, 7) is 7.59. The number of rotatable bonds is 11. The third-order valence-electron chi connectivity index (χ3n) is 8.43. The Bertz CT molecular complexity index is 520. The molecule has 1 aliphatic heterocycles. The van der Waals surface area contributed by atoms with Gasteiger partial charge in [0.2, 0.25) is 0 Å². The summed E-state index contributed by atoms with van der Waals surface area (Å²) in [7, 11) is 0. The minimum Gasteiger partial charge on any atom is -0.462 e. The lowest BCUT2D eigenvalue weighted by Crippen LogP contribution is -2.43. The zero-order valence-electron chi connectivity index (χ0n) is 21.2. The van der Waals surface area contributed by atoms with E-state index in [1.54, 1.807) is 0 Å². The van der Waals surface area contributed by atoms with Crippen molar-refractivity contribution in [3.8, 4) is 0 Å². The largest absolute Gasteiger partial charge is 0.462 e. The van der Waals surface area contributed by atoms with Crippen LogP contribution in [0.2, 0.25) is 0 Å². The molecule has 3 rings (SSSR count). The van der Waals surface area contributed by atoms with Crippen LogP contribution in [-0.2, 0) is 19.0 Å². The molecule has 2 aliphatic carbocycles. The van der Waals surface area contributed by atoms with E-state index in [-0.39, 0.29) is 30.4 Å². The van der Waals surface area contributed by atoms with Crippen molar-refractivity contribution < 1.29 is 19.0 Å². The number of unbranched alkanes of at least 4 members (excludes halogenated alkanes) is 4. The van der Waals surface area contributed by atoms with Crippen LogP contribution in [0, 0.1) is 23.7 Å². The van der Waals surface area contributed by atoms with Gasteiger partial charge in [0, 0.05) is 11.8 Å². The van der Waals surface area contributed by atoms with E-state index in [4.69, 9.17) is 14.2 Å². The van der Waals surface area contributed by atoms with Crippen LogP contribution < -0.4 is 0 Å². The molecule has 0 radical (unpaired) electrons. The van der Waals surface area contributed by atoms with Crippen molar-refractivity contribution in [1.82, 2.24) is 0 Å². The fourth-order valence-corrected chi connectivity index (χ4v) is 6.13. The topological polar surface area (TPSA) is 44.8 Å². The van der Waals surface area contributed by atoms with Crippen LogP contribution in [0.4, 0.5) is 0 Å². The first-order valence-corrected chi connectivity index (χ1v) is 14.1. The number of ether oxygens (including phenoxy) is 3. The maximum atomic E-state index is 12.7. The second-order valence-corrected chi connectivity index (χ2v) is 11.0. The van der Waals surface area contributed by atoms with Crippen LogP contribution >= 0.6 is 0 Å². The summed E-state index contributed by atoms with van der Waals surface area (Å²) in [6, 6.07) is 0. The molecule has 3 fully saturated rings. The molecular formula is C28H50O4. The molecule has 3 aliphatic rings. The molecule has 2 saturated carbocycles. The highest BCUT2D eigenvalue weighted by molar-refractivity contribution is 5.72. The molecule has 0 aromatic rings. The minimum absolute atomic E-state index is 0.0596. The summed E-state index contributed by atoms with van der Waals surface area (Å²) >= 11 is 0. The molecular weight excluding hydrogens is 400 g/mol. The highest BCUT2D eigenvalue weighted by atomic mass is 16.7. The summed E-state index contributed by atoms with van der Waals surface area (Å²) in [5, 5.41) is 0. The Kier molecular flexibility index (Phi) is 11.3. The average Bonchev–Trinajstić information content (AvgIpc) is 2.81. The predicted molar refractivity (Wildman–Crippen MR) is 129 cm³/mol. The highest BCUT2D eigenvalue weighted by Gasteiger charge is 2.37. The Morgan fingerprint density at radius 3 is 2.22 bits per heavy atom. The monoisotopic (exact) mass is 450 g/mol. The van der Waals surface area contributed by atoms with E-state index in [0.29, 0.717) is 11.8 Å². The molecule has 1 saturated heterocycles. The van der Waals surface area contributed by atoms with Gasteiger partial charge in [-0.25, -0.2) is 0 Å². The standard InChI is InChI=1S/C28H50O4/c1-4-6-7-8-9-11-25-20-30-28(31-21(25)3)24-16-14-23(15-17-24)27(29)32-26-18-12-22(10-5-2)13-19-26/h21-26,28H,4-20H2,1-3H3/t21-,22?,23-,24-,25?,26?,28-/m0/s1. The van der Waals surface area contributed by atoms with Crippen molar-refractivity contribution in [2.24, 2.45) is 23.7 Å². The van der Waals surface area contributed by atoms with Crippen LogP contribution in [0.1, 0.15) is 124 Å². The van der Waals surface area contributed by atoms with Gasteiger partial charge in [0.1, 0.15) is 6.10 Å². The summed E-state index contributed by atoms with van der Waals surface area (Å²) in [5.74, 6) is 1.95. The molecule has 4 heteroatoms. The van der Waals surface area contributed by atoms with Gasteiger partial charge in [0.25, 0.3) is 0 Å². The lowest BCUT2D eigenvalue weighted by atomic mass is 9.81. The molecule has 3 atom stereocenters. The molecule has 0 aromatic carbocycles. The summed E-state index contributed by atoms with van der Waals surface area (Å²) < 4.78 is 18.4. The Morgan fingerprint density at radius 1 is 0.844 bits per heavy atom. The van der Waals surface area contributed by atoms with Gasteiger partial charge in [-0.2, -0.15) is 0 Å². The number of esters is 1. The zero-order chi connectivity index (χ0) is 22.8. The van der Waals surface area contributed by atoms with Gasteiger partial charge in [-0.1, -0.05) is 58.8 Å². The van der Waals surface area contributed by atoms with E-state index < -0.39 is 0 Å². The fourth-order valence-electron chi connectivity index (χ4n) is 6.13. The van der Waals surface area contributed by atoms with Gasteiger partial charge in [-0.05, 0) is 70.6 Å². The molecule has 0 bridgehead atoms. The summed E-state index contributed by atoms with van der Waals surface area (Å²) in [6.07, 6.45) is 19.3. The summed E-state index contributed by atoms with van der Waals surface area (Å²) in [5.41, 5.74) is 0. The van der Waals surface area contributed by atoms with E-state index in [0.717, 1.165) is 51.0 Å². The van der Waals surface area contributed by atoms with Crippen molar-refractivity contribution in [3.63, 3.8) is 0 Å². The van der Waals surface area contributed by atoms with E-state index in [9.17, 15) is 4.79 Å². The molecule has 186 valence electrons. The second kappa shape index (κ2) is 13.9. The first-order valence-electron chi connectivity index (χ1n) is 14.1. The van der Waals surface area contributed by atoms with Gasteiger partial charge in [0.05, 0.1) is 18.6 Å². The summed E-state index contributed by atoms with van der Waals surface area (Å²) in [4.78, 5) is 12.7. The predicted octanol–water partition coefficient (Wildman–Crippen LogP) is 7.43. The number of hydrogen-bond donors (Lipinski definition) is 0. The molecule has 1 unspecified atom stereocenters. The molecule has 4 nitrogen and oxygen atoms in total.